The molecular formula is C21H22FN5O. The first-order chi connectivity index (χ1) is 13.5. The molecule has 144 valence electrons. The normalized spacial score (nSPS) is 12.7. The number of pyridine rings is 1. The molecule has 1 aromatic carbocycles. The molecule has 28 heavy (non-hydrogen) atoms. The van der Waals surface area contributed by atoms with Gasteiger partial charge in [-0.2, -0.15) is 5.10 Å². The van der Waals surface area contributed by atoms with Crippen LogP contribution in [0.1, 0.15) is 33.7 Å². The minimum atomic E-state index is -0.292. The van der Waals surface area contributed by atoms with E-state index in [0.717, 1.165) is 47.6 Å². The molecule has 0 bridgehead atoms. The quantitative estimate of drug-likeness (QED) is 0.740. The van der Waals surface area contributed by atoms with E-state index in [-0.39, 0.29) is 11.7 Å². The fourth-order valence-electron chi connectivity index (χ4n) is 3.47. The Bertz CT molecular complexity index is 993. The maximum absolute atomic E-state index is 13.2. The van der Waals surface area contributed by atoms with Crippen LogP contribution in [0.3, 0.4) is 0 Å². The molecule has 1 aliphatic rings. The maximum Gasteiger partial charge on any atom is 0.272 e. The number of amides is 1. The van der Waals surface area contributed by atoms with E-state index in [9.17, 15) is 9.18 Å². The van der Waals surface area contributed by atoms with E-state index in [4.69, 9.17) is 0 Å². The third-order valence-corrected chi connectivity index (χ3v) is 4.94. The first-order valence-electron chi connectivity index (χ1n) is 9.30. The second kappa shape index (κ2) is 7.42. The average molecular weight is 379 g/mol. The van der Waals surface area contributed by atoms with Gasteiger partial charge < -0.3 is 10.2 Å². The van der Waals surface area contributed by atoms with Crippen LogP contribution in [0.2, 0.25) is 0 Å². The number of anilines is 1. The monoisotopic (exact) mass is 379 g/mol. The summed E-state index contributed by atoms with van der Waals surface area (Å²) in [6.45, 7) is 0.387. The topological polar surface area (TPSA) is 63.1 Å². The number of fused-ring (bicyclic) bond motifs is 1. The Morgan fingerprint density at radius 1 is 1.18 bits per heavy atom. The number of carbonyl (C=O) groups excluding carboxylic acids is 1. The highest BCUT2D eigenvalue weighted by molar-refractivity contribution is 5.94. The van der Waals surface area contributed by atoms with Crippen molar-refractivity contribution >= 4 is 11.7 Å². The zero-order chi connectivity index (χ0) is 19.7. The SMILES string of the molecule is CN(C)c1ccc(CNC(=O)c2nn(-c3ccc(F)cc3)c3c2CCC3)cn1. The van der Waals surface area contributed by atoms with Crippen molar-refractivity contribution in [1.82, 2.24) is 20.1 Å². The molecular weight excluding hydrogens is 357 g/mol. The van der Waals surface area contributed by atoms with Crippen molar-refractivity contribution in [2.75, 3.05) is 19.0 Å². The third kappa shape index (κ3) is 3.47. The minimum absolute atomic E-state index is 0.198. The fourth-order valence-corrected chi connectivity index (χ4v) is 3.47. The highest BCUT2D eigenvalue weighted by Crippen LogP contribution is 2.28. The smallest absolute Gasteiger partial charge is 0.272 e. The number of nitrogens with one attached hydrogen (secondary N) is 1. The molecule has 0 aliphatic heterocycles. The molecule has 3 aromatic rings. The number of halogens is 1. The van der Waals surface area contributed by atoms with Crippen molar-refractivity contribution in [2.45, 2.75) is 25.8 Å². The Hall–Kier alpha value is -3.22. The minimum Gasteiger partial charge on any atom is -0.363 e. The summed E-state index contributed by atoms with van der Waals surface area (Å²) in [5, 5.41) is 7.48. The molecule has 0 saturated carbocycles. The molecule has 7 heteroatoms. The highest BCUT2D eigenvalue weighted by Gasteiger charge is 2.26. The van der Waals surface area contributed by atoms with Gasteiger partial charge in [0.05, 0.1) is 5.69 Å². The predicted molar refractivity (Wildman–Crippen MR) is 105 cm³/mol. The number of rotatable bonds is 5. The van der Waals surface area contributed by atoms with Crippen LogP contribution in [0.5, 0.6) is 0 Å². The summed E-state index contributed by atoms with van der Waals surface area (Å²) in [5.41, 5.74) is 4.17. The maximum atomic E-state index is 13.2. The van der Waals surface area contributed by atoms with E-state index in [0.29, 0.717) is 12.2 Å². The van der Waals surface area contributed by atoms with Crippen LogP contribution < -0.4 is 10.2 Å². The van der Waals surface area contributed by atoms with Gasteiger partial charge in [-0.1, -0.05) is 6.07 Å². The van der Waals surface area contributed by atoms with Crippen molar-refractivity contribution in [3.8, 4) is 5.69 Å². The lowest BCUT2D eigenvalue weighted by Gasteiger charge is -2.11. The summed E-state index contributed by atoms with van der Waals surface area (Å²) in [6, 6.07) is 10.0. The number of hydrogen-bond acceptors (Lipinski definition) is 4. The van der Waals surface area contributed by atoms with E-state index in [1.165, 1.54) is 12.1 Å². The molecule has 0 atom stereocenters. The van der Waals surface area contributed by atoms with Crippen LogP contribution in [-0.4, -0.2) is 34.8 Å². The molecule has 1 amide bonds. The van der Waals surface area contributed by atoms with Crippen molar-refractivity contribution < 1.29 is 9.18 Å². The predicted octanol–water partition coefficient (Wildman–Crippen LogP) is 2.89. The van der Waals surface area contributed by atoms with E-state index in [1.807, 2.05) is 31.1 Å². The van der Waals surface area contributed by atoms with Crippen LogP contribution in [0.15, 0.2) is 42.6 Å². The Labute approximate surface area is 163 Å². The Morgan fingerprint density at radius 3 is 2.64 bits per heavy atom. The molecule has 2 aromatic heterocycles. The van der Waals surface area contributed by atoms with Gasteiger partial charge in [0.15, 0.2) is 5.69 Å². The van der Waals surface area contributed by atoms with Crippen molar-refractivity contribution in [2.24, 2.45) is 0 Å². The first-order valence-corrected chi connectivity index (χ1v) is 9.30. The van der Waals surface area contributed by atoms with Crippen LogP contribution in [-0.2, 0) is 19.4 Å². The summed E-state index contributed by atoms with van der Waals surface area (Å²) in [4.78, 5) is 19.1. The van der Waals surface area contributed by atoms with E-state index in [1.54, 1.807) is 23.0 Å². The molecule has 1 N–H and O–H groups in total. The molecule has 1 aliphatic carbocycles. The molecule has 0 unspecified atom stereocenters. The average Bonchev–Trinajstić information content (AvgIpc) is 3.30. The second-order valence-electron chi connectivity index (χ2n) is 7.12. The molecule has 2 heterocycles. The van der Waals surface area contributed by atoms with Gasteiger partial charge in [-0.15, -0.1) is 0 Å². The van der Waals surface area contributed by atoms with Crippen molar-refractivity contribution in [1.29, 1.82) is 0 Å². The summed E-state index contributed by atoms with van der Waals surface area (Å²) in [7, 11) is 3.86. The van der Waals surface area contributed by atoms with Crippen LogP contribution >= 0.6 is 0 Å². The van der Waals surface area contributed by atoms with Gasteiger partial charge in [0, 0.05) is 38.1 Å². The lowest BCUT2D eigenvalue weighted by molar-refractivity contribution is 0.0944. The van der Waals surface area contributed by atoms with Gasteiger partial charge >= 0.3 is 0 Å². The zero-order valence-electron chi connectivity index (χ0n) is 15.9. The molecule has 0 fully saturated rings. The van der Waals surface area contributed by atoms with Crippen LogP contribution in [0.25, 0.3) is 5.69 Å². The summed E-state index contributed by atoms with van der Waals surface area (Å²) >= 11 is 0. The number of benzene rings is 1. The summed E-state index contributed by atoms with van der Waals surface area (Å²) < 4.78 is 15.0. The Morgan fingerprint density at radius 2 is 1.96 bits per heavy atom. The molecule has 0 spiro atoms. The van der Waals surface area contributed by atoms with Crippen LogP contribution in [0, 0.1) is 5.82 Å². The fraction of sp³-hybridized carbons (Fsp3) is 0.286. The lowest BCUT2D eigenvalue weighted by Crippen LogP contribution is -2.24. The molecule has 0 saturated heterocycles. The van der Waals surface area contributed by atoms with E-state index >= 15 is 0 Å². The molecule has 4 rings (SSSR count). The summed E-state index contributed by atoms with van der Waals surface area (Å²) in [5.74, 6) is 0.376. The van der Waals surface area contributed by atoms with E-state index in [2.05, 4.69) is 15.4 Å². The standard InChI is InChI=1S/C21H22FN5O/c1-26(2)19-11-6-14(12-23-19)13-24-21(28)20-17-4-3-5-18(17)27(25-20)16-9-7-15(22)8-10-16/h6-12H,3-5,13H2,1-2H3,(H,24,28). The van der Waals surface area contributed by atoms with Crippen LogP contribution in [0.4, 0.5) is 10.2 Å². The number of aromatic nitrogens is 3. The second-order valence-corrected chi connectivity index (χ2v) is 7.12. The van der Waals surface area contributed by atoms with Gasteiger partial charge in [-0.25, -0.2) is 14.1 Å². The third-order valence-electron chi connectivity index (χ3n) is 4.94. The van der Waals surface area contributed by atoms with Crippen molar-refractivity contribution in [3.63, 3.8) is 0 Å². The van der Waals surface area contributed by atoms with Gasteiger partial charge in [0.25, 0.3) is 5.91 Å². The number of carbonyl (C=O) groups is 1. The van der Waals surface area contributed by atoms with Gasteiger partial charge in [0.1, 0.15) is 11.6 Å². The van der Waals surface area contributed by atoms with Gasteiger partial charge in [-0.3, -0.25) is 4.79 Å². The number of nitrogens with zero attached hydrogens (tertiary/aromatic N) is 4. The van der Waals surface area contributed by atoms with Gasteiger partial charge in [-0.05, 0) is 55.2 Å². The highest BCUT2D eigenvalue weighted by atomic mass is 19.1. The lowest BCUT2D eigenvalue weighted by atomic mass is 10.2. The molecule has 0 radical (unpaired) electrons. The zero-order valence-corrected chi connectivity index (χ0v) is 15.9. The van der Waals surface area contributed by atoms with Gasteiger partial charge in [0.2, 0.25) is 0 Å². The largest absolute Gasteiger partial charge is 0.363 e. The Kier molecular flexibility index (Phi) is 4.81. The van der Waals surface area contributed by atoms with E-state index < -0.39 is 0 Å². The first kappa shape index (κ1) is 18.2. The molecule has 6 nitrogen and oxygen atoms in total. The Balaban J connectivity index is 1.53. The summed E-state index contributed by atoms with van der Waals surface area (Å²) in [6.07, 6.45) is 4.45. The van der Waals surface area contributed by atoms with Crippen molar-refractivity contribution in [3.05, 3.63) is 70.9 Å². The number of hydrogen-bond donors (Lipinski definition) is 1.